The highest BCUT2D eigenvalue weighted by atomic mass is 16.7. The summed E-state index contributed by atoms with van der Waals surface area (Å²) in [5.74, 6) is -0.913. The Bertz CT molecular complexity index is 1100. The lowest BCUT2D eigenvalue weighted by Crippen LogP contribution is -2.61. The molecule has 0 aromatic rings. The highest BCUT2D eigenvalue weighted by Crippen LogP contribution is 2.26. The van der Waals surface area contributed by atoms with Crippen molar-refractivity contribution in [1.29, 1.82) is 0 Å². The third kappa shape index (κ3) is 24.1. The maximum atomic E-state index is 13.0. The third-order valence-corrected chi connectivity index (χ3v) is 12.1. The highest BCUT2D eigenvalue weighted by molar-refractivity contribution is 5.70. The maximum Gasteiger partial charge on any atom is 0.306 e. The summed E-state index contributed by atoms with van der Waals surface area (Å²) in [7, 11) is 0. The van der Waals surface area contributed by atoms with E-state index in [2.05, 4.69) is 13.8 Å². The standard InChI is InChI=1S/C47H88O15/c1-3-5-7-9-11-13-15-17-19-21-23-25-27-29-38(49)57-32-35(60-39(50)30-28-26-24-22-20-18-16-14-12-10-8-6-4-2)33-58-46-45(56)43(54)41(52)37(62-46)34-59-47-44(55)42(53)40(51)36(31-48)61-47/h35-37,40-48,51-56H,3-34H2,1-2H3/t35-,36-,37-,40+,41+,42+,43+,44-,45-,46-,47-/m1/s1. The second kappa shape index (κ2) is 35.7. The molecule has 2 aliphatic rings. The van der Waals surface area contributed by atoms with E-state index in [4.69, 9.17) is 28.4 Å². The third-order valence-electron chi connectivity index (χ3n) is 12.1. The first-order valence-corrected chi connectivity index (χ1v) is 24.6. The van der Waals surface area contributed by atoms with Crippen molar-refractivity contribution in [1.82, 2.24) is 0 Å². The number of hydrogen-bond donors (Lipinski definition) is 7. The summed E-state index contributed by atoms with van der Waals surface area (Å²) in [5, 5.41) is 71.9. The van der Waals surface area contributed by atoms with Crippen LogP contribution in [0.2, 0.25) is 0 Å². The predicted molar refractivity (Wildman–Crippen MR) is 234 cm³/mol. The zero-order chi connectivity index (χ0) is 45.4. The fourth-order valence-corrected chi connectivity index (χ4v) is 7.98. The minimum absolute atomic E-state index is 0.173. The molecule has 0 aromatic heterocycles. The van der Waals surface area contributed by atoms with Crippen molar-refractivity contribution in [3.8, 4) is 0 Å². The van der Waals surface area contributed by atoms with Gasteiger partial charge in [0.25, 0.3) is 0 Å². The smallest absolute Gasteiger partial charge is 0.306 e. The molecule has 15 nitrogen and oxygen atoms in total. The molecule has 0 radical (unpaired) electrons. The lowest BCUT2D eigenvalue weighted by molar-refractivity contribution is -0.332. The van der Waals surface area contributed by atoms with Crippen LogP contribution in [0.1, 0.15) is 194 Å². The van der Waals surface area contributed by atoms with E-state index in [1.165, 1.54) is 116 Å². The Balaban J connectivity index is 1.83. The molecule has 62 heavy (non-hydrogen) atoms. The molecule has 0 amide bonds. The second-order valence-corrected chi connectivity index (χ2v) is 17.7. The summed E-state index contributed by atoms with van der Waals surface area (Å²) in [5.41, 5.74) is 0. The Morgan fingerprint density at radius 1 is 0.452 bits per heavy atom. The van der Waals surface area contributed by atoms with Gasteiger partial charge in [0.15, 0.2) is 18.7 Å². The van der Waals surface area contributed by atoms with Crippen LogP contribution in [-0.4, -0.2) is 142 Å². The normalized spacial score (nSPS) is 27.0. The van der Waals surface area contributed by atoms with Crippen LogP contribution in [0.4, 0.5) is 0 Å². The van der Waals surface area contributed by atoms with Crippen LogP contribution in [0.15, 0.2) is 0 Å². The first-order valence-electron chi connectivity index (χ1n) is 24.6. The molecule has 2 rings (SSSR count). The average Bonchev–Trinajstić information content (AvgIpc) is 3.26. The molecule has 2 aliphatic heterocycles. The Morgan fingerprint density at radius 2 is 0.823 bits per heavy atom. The number of carbonyl (C=O) groups is 2. The molecule has 11 atom stereocenters. The number of carbonyl (C=O) groups excluding carboxylic acids is 2. The van der Waals surface area contributed by atoms with Crippen molar-refractivity contribution in [2.24, 2.45) is 0 Å². The van der Waals surface area contributed by atoms with Gasteiger partial charge in [-0.1, -0.05) is 168 Å². The van der Waals surface area contributed by atoms with Crippen molar-refractivity contribution in [2.75, 3.05) is 26.4 Å². The summed E-state index contributed by atoms with van der Waals surface area (Å²) < 4.78 is 33.5. The molecule has 0 unspecified atom stereocenters. The fourth-order valence-electron chi connectivity index (χ4n) is 7.98. The van der Waals surface area contributed by atoms with E-state index >= 15 is 0 Å². The lowest BCUT2D eigenvalue weighted by Gasteiger charge is -2.42. The Hall–Kier alpha value is -1.50. The number of aliphatic hydroxyl groups excluding tert-OH is 7. The lowest BCUT2D eigenvalue weighted by atomic mass is 9.98. The molecule has 0 spiro atoms. The number of aliphatic hydroxyl groups is 7. The van der Waals surface area contributed by atoms with E-state index in [0.29, 0.717) is 12.8 Å². The molecule has 0 saturated carbocycles. The van der Waals surface area contributed by atoms with Gasteiger partial charge in [-0.05, 0) is 12.8 Å². The molecule has 0 bridgehead atoms. The molecule has 15 heteroatoms. The maximum absolute atomic E-state index is 13.0. The average molecular weight is 893 g/mol. The number of ether oxygens (including phenoxy) is 6. The summed E-state index contributed by atoms with van der Waals surface area (Å²) in [6, 6.07) is 0. The Labute approximate surface area is 372 Å². The minimum atomic E-state index is -1.76. The summed E-state index contributed by atoms with van der Waals surface area (Å²) in [4.78, 5) is 25.7. The zero-order valence-corrected chi connectivity index (χ0v) is 38.4. The van der Waals surface area contributed by atoms with Gasteiger partial charge in [0.2, 0.25) is 0 Å². The van der Waals surface area contributed by atoms with Crippen LogP contribution in [0.25, 0.3) is 0 Å². The van der Waals surface area contributed by atoms with Crippen molar-refractivity contribution in [3.63, 3.8) is 0 Å². The highest BCUT2D eigenvalue weighted by Gasteiger charge is 2.47. The molecule has 0 aliphatic carbocycles. The topological polar surface area (TPSA) is 231 Å². The second-order valence-electron chi connectivity index (χ2n) is 17.7. The van der Waals surface area contributed by atoms with E-state index in [1.54, 1.807) is 0 Å². The van der Waals surface area contributed by atoms with Gasteiger partial charge in [-0.3, -0.25) is 9.59 Å². The summed E-state index contributed by atoms with van der Waals surface area (Å²) in [6.07, 6.45) is 14.2. The van der Waals surface area contributed by atoms with Gasteiger partial charge >= 0.3 is 11.9 Å². The monoisotopic (exact) mass is 893 g/mol. The van der Waals surface area contributed by atoms with E-state index in [9.17, 15) is 45.3 Å². The van der Waals surface area contributed by atoms with Gasteiger partial charge in [-0.15, -0.1) is 0 Å². The predicted octanol–water partition coefficient (Wildman–Crippen LogP) is 6.04. The van der Waals surface area contributed by atoms with Crippen LogP contribution < -0.4 is 0 Å². The van der Waals surface area contributed by atoms with E-state index < -0.39 is 92.7 Å². The Kier molecular flexibility index (Phi) is 32.6. The van der Waals surface area contributed by atoms with E-state index in [1.807, 2.05) is 0 Å². The summed E-state index contributed by atoms with van der Waals surface area (Å²) in [6.45, 7) is 2.60. The van der Waals surface area contributed by atoms with Crippen LogP contribution in [0.5, 0.6) is 0 Å². The number of unbranched alkanes of at least 4 members (excludes halogenated alkanes) is 24. The van der Waals surface area contributed by atoms with Gasteiger partial charge in [0.1, 0.15) is 55.4 Å². The van der Waals surface area contributed by atoms with Gasteiger partial charge in [0.05, 0.1) is 19.8 Å². The molecular formula is C47H88O15. The molecule has 2 heterocycles. The molecule has 7 N–H and O–H groups in total. The van der Waals surface area contributed by atoms with Crippen LogP contribution >= 0.6 is 0 Å². The van der Waals surface area contributed by atoms with Gasteiger partial charge in [-0.2, -0.15) is 0 Å². The van der Waals surface area contributed by atoms with E-state index in [-0.39, 0.29) is 26.1 Å². The van der Waals surface area contributed by atoms with Crippen LogP contribution in [-0.2, 0) is 38.0 Å². The van der Waals surface area contributed by atoms with Crippen molar-refractivity contribution >= 4 is 11.9 Å². The first-order chi connectivity index (χ1) is 30.0. The largest absolute Gasteiger partial charge is 0.462 e. The number of hydrogen-bond acceptors (Lipinski definition) is 15. The molecule has 2 saturated heterocycles. The fraction of sp³-hybridized carbons (Fsp3) is 0.957. The quantitative estimate of drug-likeness (QED) is 0.0277. The van der Waals surface area contributed by atoms with Crippen molar-refractivity contribution < 1.29 is 73.8 Å². The minimum Gasteiger partial charge on any atom is -0.462 e. The molecule has 0 aromatic carbocycles. The first kappa shape index (κ1) is 56.6. The van der Waals surface area contributed by atoms with Crippen LogP contribution in [0, 0.1) is 0 Å². The molecule has 366 valence electrons. The van der Waals surface area contributed by atoms with Crippen LogP contribution in [0.3, 0.4) is 0 Å². The number of rotatable bonds is 38. The number of esters is 2. The van der Waals surface area contributed by atoms with Gasteiger partial charge < -0.3 is 64.2 Å². The molecular weight excluding hydrogens is 805 g/mol. The van der Waals surface area contributed by atoms with E-state index in [0.717, 1.165) is 38.5 Å². The summed E-state index contributed by atoms with van der Waals surface area (Å²) >= 11 is 0. The zero-order valence-electron chi connectivity index (χ0n) is 38.4. The van der Waals surface area contributed by atoms with Crippen molar-refractivity contribution in [2.45, 2.75) is 261 Å². The Morgan fingerprint density at radius 3 is 1.26 bits per heavy atom. The SMILES string of the molecule is CCCCCCCCCCCCCCCC(=O)OC[C@H](CO[C@@H]1O[C@H](CO[C@@H]2O[C@H](CO)[C@H](O)[C@H](O)[C@H]2O)[C@H](O)[C@H](O)[C@H]1O)OC(=O)CCCCCCCCCCCCCCC. The van der Waals surface area contributed by atoms with Gasteiger partial charge in [0, 0.05) is 12.8 Å². The van der Waals surface area contributed by atoms with Crippen molar-refractivity contribution in [3.05, 3.63) is 0 Å². The molecule has 2 fully saturated rings. The van der Waals surface area contributed by atoms with Gasteiger partial charge in [-0.25, -0.2) is 0 Å².